The van der Waals surface area contributed by atoms with Crippen LogP contribution >= 0.6 is 0 Å². The van der Waals surface area contributed by atoms with Crippen LogP contribution in [0.5, 0.6) is 11.5 Å². The molecule has 0 bridgehead atoms. The van der Waals surface area contributed by atoms with Gasteiger partial charge in [-0.2, -0.15) is 0 Å². The van der Waals surface area contributed by atoms with Gasteiger partial charge in [-0.05, 0) is 37.6 Å². The van der Waals surface area contributed by atoms with E-state index in [4.69, 9.17) is 13.9 Å². The predicted octanol–water partition coefficient (Wildman–Crippen LogP) is 3.54. The van der Waals surface area contributed by atoms with Gasteiger partial charge in [-0.15, -0.1) is 0 Å². The van der Waals surface area contributed by atoms with Crippen LogP contribution in [-0.4, -0.2) is 43.0 Å². The molecule has 0 unspecified atom stereocenters. The zero-order valence-corrected chi connectivity index (χ0v) is 17.1. The number of nitrogens with one attached hydrogen (secondary N) is 1. The largest absolute Gasteiger partial charge is 0.486 e. The monoisotopic (exact) mass is 408 g/mol. The van der Waals surface area contributed by atoms with Crippen LogP contribution < -0.4 is 14.8 Å². The summed E-state index contributed by atoms with van der Waals surface area (Å²) in [7, 11) is 0. The van der Waals surface area contributed by atoms with Crippen LogP contribution in [-0.2, 0) is 16.0 Å². The highest BCUT2D eigenvalue weighted by Gasteiger charge is 2.19. The van der Waals surface area contributed by atoms with Crippen LogP contribution in [0.15, 0.2) is 47.1 Å². The Morgan fingerprint density at radius 2 is 1.87 bits per heavy atom. The van der Waals surface area contributed by atoms with Crippen LogP contribution in [0.25, 0.3) is 11.0 Å². The number of likely N-dealkylation sites (N-methyl/N-ethyl adjacent to an activating group) is 1. The molecule has 4 rings (SSSR count). The van der Waals surface area contributed by atoms with Crippen molar-refractivity contribution in [2.24, 2.45) is 0 Å². The number of furan rings is 1. The summed E-state index contributed by atoms with van der Waals surface area (Å²) < 4.78 is 16.6. The maximum atomic E-state index is 12.8. The lowest BCUT2D eigenvalue weighted by Gasteiger charge is -2.21. The van der Waals surface area contributed by atoms with E-state index in [2.05, 4.69) is 5.32 Å². The van der Waals surface area contributed by atoms with Gasteiger partial charge in [0.15, 0.2) is 11.5 Å². The smallest absolute Gasteiger partial charge is 0.243 e. The molecule has 7 heteroatoms. The van der Waals surface area contributed by atoms with E-state index in [-0.39, 0.29) is 24.8 Å². The molecule has 0 atom stereocenters. The molecule has 1 N–H and O–H groups in total. The van der Waals surface area contributed by atoms with Crippen molar-refractivity contribution in [3.63, 3.8) is 0 Å². The minimum absolute atomic E-state index is 0.0291. The Morgan fingerprint density at radius 1 is 1.07 bits per heavy atom. The van der Waals surface area contributed by atoms with Crippen molar-refractivity contribution in [1.29, 1.82) is 0 Å². The highest BCUT2D eigenvalue weighted by atomic mass is 16.6. The number of carbonyl (C=O) groups excluding carboxylic acids is 2. The molecule has 156 valence electrons. The molecule has 1 aliphatic rings. The van der Waals surface area contributed by atoms with Gasteiger partial charge >= 0.3 is 0 Å². The number of anilines is 1. The molecule has 0 aliphatic carbocycles. The SMILES string of the molecule is CCN(CC(=O)Nc1ccc2c(c1)OCCO2)C(=O)Cc1coc2cc(C)ccc12. The molecule has 0 saturated carbocycles. The molecule has 0 radical (unpaired) electrons. The molecule has 2 heterocycles. The number of hydrogen-bond donors (Lipinski definition) is 1. The minimum atomic E-state index is -0.269. The summed E-state index contributed by atoms with van der Waals surface area (Å²) in [6, 6.07) is 11.1. The van der Waals surface area contributed by atoms with Crippen molar-refractivity contribution in [3.05, 3.63) is 53.8 Å². The fourth-order valence-electron chi connectivity index (χ4n) is 3.47. The third-order valence-corrected chi connectivity index (χ3v) is 5.05. The summed E-state index contributed by atoms with van der Waals surface area (Å²) in [5.41, 5.74) is 3.28. The van der Waals surface area contributed by atoms with E-state index in [1.54, 1.807) is 24.5 Å². The molecular formula is C23H24N2O5. The summed E-state index contributed by atoms with van der Waals surface area (Å²) >= 11 is 0. The maximum absolute atomic E-state index is 12.8. The number of fused-ring (bicyclic) bond motifs is 2. The van der Waals surface area contributed by atoms with Crippen LogP contribution in [0.4, 0.5) is 5.69 Å². The van der Waals surface area contributed by atoms with Crippen molar-refractivity contribution < 1.29 is 23.5 Å². The highest BCUT2D eigenvalue weighted by Crippen LogP contribution is 2.32. The third kappa shape index (κ3) is 4.25. The number of hydrogen-bond acceptors (Lipinski definition) is 5. The van der Waals surface area contributed by atoms with Crippen molar-refractivity contribution in [3.8, 4) is 11.5 Å². The van der Waals surface area contributed by atoms with Gasteiger partial charge in [0.05, 0.1) is 19.2 Å². The van der Waals surface area contributed by atoms with Crippen LogP contribution in [0.3, 0.4) is 0 Å². The molecule has 1 aromatic heterocycles. The first-order valence-electron chi connectivity index (χ1n) is 9.97. The number of aryl methyl sites for hydroxylation is 1. The van der Waals surface area contributed by atoms with Crippen molar-refractivity contribution in [2.45, 2.75) is 20.3 Å². The summed E-state index contributed by atoms with van der Waals surface area (Å²) in [5, 5.41) is 3.74. The van der Waals surface area contributed by atoms with Gasteiger partial charge in [0, 0.05) is 29.2 Å². The van der Waals surface area contributed by atoms with E-state index in [9.17, 15) is 9.59 Å². The fraction of sp³-hybridized carbons (Fsp3) is 0.304. The number of benzene rings is 2. The molecule has 7 nitrogen and oxygen atoms in total. The van der Waals surface area contributed by atoms with Crippen molar-refractivity contribution >= 4 is 28.5 Å². The van der Waals surface area contributed by atoms with Crippen LogP contribution in [0.1, 0.15) is 18.1 Å². The lowest BCUT2D eigenvalue weighted by atomic mass is 10.1. The third-order valence-electron chi connectivity index (χ3n) is 5.05. The fourth-order valence-corrected chi connectivity index (χ4v) is 3.47. The number of carbonyl (C=O) groups is 2. The second-order valence-corrected chi connectivity index (χ2v) is 7.25. The van der Waals surface area contributed by atoms with Gasteiger partial charge in [0.25, 0.3) is 0 Å². The lowest BCUT2D eigenvalue weighted by molar-refractivity contribution is -0.133. The molecule has 0 fully saturated rings. The van der Waals surface area contributed by atoms with Crippen molar-refractivity contribution in [1.82, 2.24) is 4.90 Å². The number of ether oxygens (including phenoxy) is 2. The summed E-state index contributed by atoms with van der Waals surface area (Å²) in [6.45, 7) is 5.24. The summed E-state index contributed by atoms with van der Waals surface area (Å²) in [6.07, 6.45) is 1.80. The van der Waals surface area contributed by atoms with Gasteiger partial charge in [-0.25, -0.2) is 0 Å². The lowest BCUT2D eigenvalue weighted by Crippen LogP contribution is -2.38. The quantitative estimate of drug-likeness (QED) is 0.675. The maximum Gasteiger partial charge on any atom is 0.243 e. The molecule has 3 aromatic rings. The number of amides is 2. The second kappa shape index (κ2) is 8.49. The second-order valence-electron chi connectivity index (χ2n) is 7.25. The Morgan fingerprint density at radius 3 is 2.67 bits per heavy atom. The Balaban J connectivity index is 1.39. The van der Waals surface area contributed by atoms with Gasteiger partial charge in [0.2, 0.25) is 11.8 Å². The minimum Gasteiger partial charge on any atom is -0.486 e. The van der Waals surface area contributed by atoms with Crippen LogP contribution in [0.2, 0.25) is 0 Å². The van der Waals surface area contributed by atoms with E-state index in [1.165, 1.54) is 4.90 Å². The highest BCUT2D eigenvalue weighted by molar-refractivity contribution is 5.95. The van der Waals surface area contributed by atoms with Gasteiger partial charge in [-0.3, -0.25) is 9.59 Å². The predicted molar refractivity (Wildman–Crippen MR) is 113 cm³/mol. The topological polar surface area (TPSA) is 81.0 Å². The van der Waals surface area contributed by atoms with Crippen LogP contribution in [0, 0.1) is 6.92 Å². The summed E-state index contributed by atoms with van der Waals surface area (Å²) in [5.74, 6) is 0.865. The van der Waals surface area contributed by atoms with E-state index in [0.29, 0.717) is 36.9 Å². The standard InChI is InChI=1S/C23H24N2O5/c1-3-25(23(27)11-16-14-30-20-10-15(2)4-6-18(16)20)13-22(26)24-17-5-7-19-21(12-17)29-9-8-28-19/h4-7,10,12,14H,3,8-9,11,13H2,1-2H3,(H,24,26). The average molecular weight is 408 g/mol. The number of nitrogens with zero attached hydrogens (tertiary/aromatic N) is 1. The molecule has 1 aliphatic heterocycles. The zero-order valence-electron chi connectivity index (χ0n) is 17.1. The Labute approximate surface area is 174 Å². The number of rotatable bonds is 6. The van der Waals surface area contributed by atoms with E-state index in [1.807, 2.05) is 32.0 Å². The molecule has 2 aromatic carbocycles. The van der Waals surface area contributed by atoms with Crippen molar-refractivity contribution in [2.75, 3.05) is 31.6 Å². The Kier molecular flexibility index (Phi) is 5.61. The first kappa shape index (κ1) is 19.8. The first-order chi connectivity index (χ1) is 14.5. The first-order valence-corrected chi connectivity index (χ1v) is 9.97. The molecule has 0 saturated heterocycles. The molecule has 30 heavy (non-hydrogen) atoms. The van der Waals surface area contributed by atoms with E-state index in [0.717, 1.165) is 22.1 Å². The summed E-state index contributed by atoms with van der Waals surface area (Å²) in [4.78, 5) is 26.8. The van der Waals surface area contributed by atoms with Gasteiger partial charge in [-0.1, -0.05) is 12.1 Å². The van der Waals surface area contributed by atoms with Gasteiger partial charge < -0.3 is 24.1 Å². The average Bonchev–Trinajstić information content (AvgIpc) is 3.13. The Bertz CT molecular complexity index is 1090. The molecule has 2 amide bonds. The normalized spacial score (nSPS) is 12.6. The Hall–Kier alpha value is -3.48. The molecule has 0 spiro atoms. The molecular weight excluding hydrogens is 384 g/mol. The van der Waals surface area contributed by atoms with E-state index < -0.39 is 0 Å². The zero-order chi connectivity index (χ0) is 21.1. The van der Waals surface area contributed by atoms with Gasteiger partial charge in [0.1, 0.15) is 18.8 Å². The van der Waals surface area contributed by atoms with E-state index >= 15 is 0 Å².